The summed E-state index contributed by atoms with van der Waals surface area (Å²) < 4.78 is 86.6. The Morgan fingerprint density at radius 2 is 1.85 bits per heavy atom. The Hall–Kier alpha value is -3.77. The minimum Gasteiger partial charge on any atom is -0.362 e. The molecule has 0 unspecified atom stereocenters. The van der Waals surface area contributed by atoms with Crippen molar-refractivity contribution in [2.75, 3.05) is 36.1 Å². The Kier molecular flexibility index (Phi) is 8.28. The number of amides is 1. The van der Waals surface area contributed by atoms with Gasteiger partial charge in [-0.15, -0.1) is 0 Å². The Balaban J connectivity index is 0.000000714. The Morgan fingerprint density at radius 1 is 1.20 bits per heavy atom. The van der Waals surface area contributed by atoms with E-state index in [1.165, 1.54) is 31.2 Å². The third-order valence-electron chi connectivity index (χ3n) is 6.64. The van der Waals surface area contributed by atoms with Crippen molar-refractivity contribution in [1.29, 1.82) is 5.26 Å². The molecule has 41 heavy (non-hydrogen) atoms. The number of aromatic nitrogens is 1. The number of nitrogens with zero attached hydrogens (tertiary/aromatic N) is 3. The first kappa shape index (κ1) is 30.2. The van der Waals surface area contributed by atoms with Crippen molar-refractivity contribution in [2.45, 2.75) is 18.4 Å². The van der Waals surface area contributed by atoms with Crippen molar-refractivity contribution in [3.63, 3.8) is 0 Å². The molecule has 0 aliphatic carbocycles. The Morgan fingerprint density at radius 3 is 2.44 bits per heavy atom. The van der Waals surface area contributed by atoms with Crippen molar-refractivity contribution in [1.82, 2.24) is 10.3 Å². The molecule has 0 bridgehead atoms. The number of carbonyl (C=O) groups excluding carboxylic acids is 1. The number of nitriles is 1. The average molecular weight is 612 g/mol. The van der Waals surface area contributed by atoms with Crippen LogP contribution in [0.2, 0.25) is 5.02 Å². The first-order chi connectivity index (χ1) is 19.2. The van der Waals surface area contributed by atoms with Gasteiger partial charge in [0, 0.05) is 48.4 Å². The first-order valence-corrected chi connectivity index (χ1v) is 14.1. The highest BCUT2D eigenvalue weighted by atomic mass is 35.5. The highest BCUT2D eigenvalue weighted by molar-refractivity contribution is 7.85. The van der Waals surface area contributed by atoms with E-state index < -0.39 is 62.5 Å². The SMILES string of the molecule is CS(=O)(=O)O.C[C@]1(c2cccc(Cl)c2F)CN(c2cc(F)c(C#N)cc2F)C(=O)c2cnc(NC3CNC3)c(F)c21. The van der Waals surface area contributed by atoms with Crippen LogP contribution >= 0.6 is 11.6 Å². The molecule has 3 heterocycles. The maximum Gasteiger partial charge on any atom is 0.261 e. The summed E-state index contributed by atoms with van der Waals surface area (Å²) in [6.07, 6.45) is 1.85. The molecule has 0 radical (unpaired) electrons. The Bertz CT molecular complexity index is 1690. The number of benzene rings is 2. The van der Waals surface area contributed by atoms with Gasteiger partial charge in [-0.05, 0) is 19.1 Å². The summed E-state index contributed by atoms with van der Waals surface area (Å²) in [5.74, 6) is -4.71. The minimum atomic E-state index is -3.67. The van der Waals surface area contributed by atoms with Crippen molar-refractivity contribution in [2.24, 2.45) is 0 Å². The molecule has 5 rings (SSSR count). The molecule has 15 heteroatoms. The zero-order chi connectivity index (χ0) is 30.3. The van der Waals surface area contributed by atoms with Gasteiger partial charge >= 0.3 is 0 Å². The lowest BCUT2D eigenvalue weighted by Crippen LogP contribution is -2.52. The van der Waals surface area contributed by atoms with Crippen LogP contribution in [0.4, 0.5) is 29.1 Å². The molecule has 216 valence electrons. The van der Waals surface area contributed by atoms with Crippen LogP contribution in [0.15, 0.2) is 36.5 Å². The molecular weight excluding hydrogens is 590 g/mol. The van der Waals surface area contributed by atoms with Crippen molar-refractivity contribution in [3.8, 4) is 6.07 Å². The fraction of sp³-hybridized carbons (Fsp3) is 0.269. The van der Waals surface area contributed by atoms with Gasteiger partial charge in [0.2, 0.25) is 0 Å². The van der Waals surface area contributed by atoms with E-state index in [0.717, 1.165) is 17.2 Å². The number of halogens is 5. The maximum absolute atomic E-state index is 16.0. The number of hydrogen-bond donors (Lipinski definition) is 3. The number of rotatable bonds is 4. The third kappa shape index (κ3) is 5.98. The third-order valence-corrected chi connectivity index (χ3v) is 6.93. The van der Waals surface area contributed by atoms with Gasteiger partial charge in [-0.2, -0.15) is 13.7 Å². The zero-order valence-corrected chi connectivity index (χ0v) is 23.0. The van der Waals surface area contributed by atoms with E-state index in [4.69, 9.17) is 21.4 Å². The lowest BCUT2D eigenvalue weighted by atomic mass is 9.71. The number of anilines is 2. The van der Waals surface area contributed by atoms with Crippen LogP contribution in [-0.4, -0.2) is 55.8 Å². The topological polar surface area (TPSA) is 135 Å². The molecule has 3 N–H and O–H groups in total. The van der Waals surface area contributed by atoms with E-state index in [1.54, 1.807) is 0 Å². The van der Waals surface area contributed by atoms with E-state index in [0.29, 0.717) is 25.4 Å². The van der Waals surface area contributed by atoms with Crippen molar-refractivity contribution < 1.29 is 35.3 Å². The maximum atomic E-state index is 16.0. The average Bonchev–Trinajstić information content (AvgIpc) is 2.86. The molecule has 0 spiro atoms. The number of fused-ring (bicyclic) bond motifs is 1. The summed E-state index contributed by atoms with van der Waals surface area (Å²) >= 11 is 6.03. The molecule has 9 nitrogen and oxygen atoms in total. The lowest BCUT2D eigenvalue weighted by Gasteiger charge is -2.42. The zero-order valence-electron chi connectivity index (χ0n) is 21.5. The van der Waals surface area contributed by atoms with Crippen LogP contribution in [0.25, 0.3) is 0 Å². The molecule has 1 amide bonds. The number of carbonyl (C=O) groups is 1. The predicted octanol–water partition coefficient (Wildman–Crippen LogP) is 4.02. The second-order valence-electron chi connectivity index (χ2n) is 9.66. The normalized spacial score (nSPS) is 18.5. The van der Waals surface area contributed by atoms with Crippen LogP contribution < -0.4 is 15.5 Å². The van der Waals surface area contributed by atoms with E-state index in [-0.39, 0.29) is 33.6 Å². The van der Waals surface area contributed by atoms with Gasteiger partial charge in [0.25, 0.3) is 16.0 Å². The van der Waals surface area contributed by atoms with Crippen LogP contribution in [-0.2, 0) is 15.5 Å². The molecule has 1 saturated heterocycles. The summed E-state index contributed by atoms with van der Waals surface area (Å²) in [5, 5.41) is 14.8. The summed E-state index contributed by atoms with van der Waals surface area (Å²) in [5.41, 5.74) is -3.00. The molecule has 1 aromatic heterocycles. The monoisotopic (exact) mass is 611 g/mol. The van der Waals surface area contributed by atoms with Crippen LogP contribution in [0, 0.1) is 34.6 Å². The van der Waals surface area contributed by atoms with Crippen LogP contribution in [0.5, 0.6) is 0 Å². The second kappa shape index (κ2) is 11.2. The molecule has 3 aromatic rings. The molecule has 2 aliphatic heterocycles. The number of nitrogens with one attached hydrogen (secondary N) is 2. The minimum absolute atomic E-state index is 0.0374. The molecule has 2 aromatic carbocycles. The van der Waals surface area contributed by atoms with E-state index in [2.05, 4.69) is 15.6 Å². The fourth-order valence-electron chi connectivity index (χ4n) is 4.66. The lowest BCUT2D eigenvalue weighted by molar-refractivity contribution is 0.0967. The summed E-state index contributed by atoms with van der Waals surface area (Å²) in [6.45, 7) is 2.24. The number of pyridine rings is 1. The number of hydrogen-bond acceptors (Lipinski definition) is 7. The van der Waals surface area contributed by atoms with E-state index in [1.807, 2.05) is 0 Å². The van der Waals surface area contributed by atoms with Gasteiger partial charge in [-0.25, -0.2) is 22.5 Å². The van der Waals surface area contributed by atoms with Gasteiger partial charge in [0.15, 0.2) is 11.6 Å². The van der Waals surface area contributed by atoms with E-state index in [9.17, 15) is 22.0 Å². The fourth-order valence-corrected chi connectivity index (χ4v) is 4.83. The standard InChI is InChI=1S/C25H18ClF4N5O.CH4O3S/c1-25(15-3-2-4-16(26)21(15)29)11-35(19-6-17(27)12(7-31)5-18(19)28)24(36)14-10-33-23(22(30)20(14)25)34-13-8-32-9-13;1-5(2,3)4/h2-6,10,13,32H,8-9,11H2,1H3,(H,33,34);1H3,(H,2,3,4)/t25-;/m1./s1. The second-order valence-corrected chi connectivity index (χ2v) is 11.5. The smallest absolute Gasteiger partial charge is 0.261 e. The highest BCUT2D eigenvalue weighted by Gasteiger charge is 2.47. The van der Waals surface area contributed by atoms with Gasteiger partial charge in [-0.1, -0.05) is 23.7 Å². The molecule has 2 aliphatic rings. The summed E-state index contributed by atoms with van der Waals surface area (Å²) in [6, 6.07) is 7.05. The van der Waals surface area contributed by atoms with Crippen molar-refractivity contribution in [3.05, 3.63) is 87.1 Å². The van der Waals surface area contributed by atoms with Crippen molar-refractivity contribution >= 4 is 39.1 Å². The molecule has 0 saturated carbocycles. The quantitative estimate of drug-likeness (QED) is 0.297. The van der Waals surface area contributed by atoms with Gasteiger partial charge in [-0.3, -0.25) is 9.35 Å². The van der Waals surface area contributed by atoms with Gasteiger partial charge in [0.05, 0.1) is 34.1 Å². The first-order valence-electron chi connectivity index (χ1n) is 11.9. The highest BCUT2D eigenvalue weighted by Crippen LogP contribution is 2.45. The predicted molar refractivity (Wildman–Crippen MR) is 143 cm³/mol. The van der Waals surface area contributed by atoms with Gasteiger partial charge < -0.3 is 15.5 Å². The molecular formula is C26H22ClF4N5O4S. The van der Waals surface area contributed by atoms with Crippen LogP contribution in [0.3, 0.4) is 0 Å². The molecule has 1 atom stereocenters. The van der Waals surface area contributed by atoms with Gasteiger partial charge in [0.1, 0.15) is 23.5 Å². The summed E-state index contributed by atoms with van der Waals surface area (Å²) in [4.78, 5) is 18.4. The molecule has 1 fully saturated rings. The Labute approximate surface area is 237 Å². The van der Waals surface area contributed by atoms with Crippen LogP contribution in [0.1, 0.15) is 34.0 Å². The summed E-state index contributed by atoms with van der Waals surface area (Å²) in [7, 11) is -3.67. The van der Waals surface area contributed by atoms with E-state index >= 15 is 8.78 Å². The largest absolute Gasteiger partial charge is 0.362 e.